The summed E-state index contributed by atoms with van der Waals surface area (Å²) in [5.74, 6) is -0.572. The second kappa shape index (κ2) is 7.70. The first-order valence-electron chi connectivity index (χ1n) is 6.63. The number of carbonyl (C=O) groups is 2. The molecule has 0 saturated heterocycles. The lowest BCUT2D eigenvalue weighted by molar-refractivity contribution is -0.143. The zero-order chi connectivity index (χ0) is 16.9. The van der Waals surface area contributed by atoms with E-state index in [1.165, 1.54) is 7.11 Å². The lowest BCUT2D eigenvalue weighted by Gasteiger charge is -2.22. The molecule has 122 valence electrons. The third kappa shape index (κ3) is 6.12. The van der Waals surface area contributed by atoms with E-state index in [0.717, 1.165) is 5.56 Å². The number of methoxy groups -OCH3 is 1. The number of esters is 1. The molecular formula is C15H19Cl2NO4. The van der Waals surface area contributed by atoms with E-state index in [2.05, 4.69) is 5.32 Å². The standard InChI is InChI=1S/C15H19Cl2NO4/c1-15(2,3)22-14(20)18-12(13(19)21-4)8-9-5-6-10(16)11(17)7-9/h5-7,12H,8H2,1-4H3,(H,18,20)/t12-/m0/s1. The summed E-state index contributed by atoms with van der Waals surface area (Å²) in [6.07, 6.45) is -0.481. The summed E-state index contributed by atoms with van der Waals surface area (Å²) in [5.41, 5.74) is 0.0785. The molecule has 5 nitrogen and oxygen atoms in total. The Bertz CT molecular complexity index is 555. The number of nitrogens with one attached hydrogen (secondary N) is 1. The Kier molecular flexibility index (Phi) is 6.50. The fourth-order valence-corrected chi connectivity index (χ4v) is 2.01. The first-order valence-corrected chi connectivity index (χ1v) is 7.39. The van der Waals surface area contributed by atoms with Crippen LogP contribution in [0.4, 0.5) is 4.79 Å². The van der Waals surface area contributed by atoms with Gasteiger partial charge in [0.1, 0.15) is 11.6 Å². The van der Waals surface area contributed by atoms with E-state index in [-0.39, 0.29) is 6.42 Å². The molecule has 0 aliphatic carbocycles. The van der Waals surface area contributed by atoms with Crippen molar-refractivity contribution in [2.24, 2.45) is 0 Å². The first kappa shape index (κ1) is 18.6. The van der Waals surface area contributed by atoms with Crippen LogP contribution in [0.25, 0.3) is 0 Å². The first-order chi connectivity index (χ1) is 10.1. The maximum Gasteiger partial charge on any atom is 0.408 e. The molecule has 22 heavy (non-hydrogen) atoms. The minimum atomic E-state index is -0.878. The Morgan fingerprint density at radius 1 is 1.23 bits per heavy atom. The molecule has 1 aromatic rings. The van der Waals surface area contributed by atoms with Gasteiger partial charge in [-0.05, 0) is 38.5 Å². The van der Waals surface area contributed by atoms with Crippen LogP contribution in [0.2, 0.25) is 10.0 Å². The van der Waals surface area contributed by atoms with Crippen molar-refractivity contribution in [3.8, 4) is 0 Å². The van der Waals surface area contributed by atoms with Crippen molar-refractivity contribution in [2.75, 3.05) is 7.11 Å². The minimum Gasteiger partial charge on any atom is -0.467 e. The van der Waals surface area contributed by atoms with Gasteiger partial charge in [-0.3, -0.25) is 0 Å². The van der Waals surface area contributed by atoms with Gasteiger partial charge in [0.15, 0.2) is 0 Å². The van der Waals surface area contributed by atoms with Crippen LogP contribution < -0.4 is 5.32 Å². The van der Waals surface area contributed by atoms with Crippen molar-refractivity contribution < 1.29 is 19.1 Å². The average molecular weight is 348 g/mol. The lowest BCUT2D eigenvalue weighted by Crippen LogP contribution is -2.45. The highest BCUT2D eigenvalue weighted by molar-refractivity contribution is 6.42. The van der Waals surface area contributed by atoms with Crippen LogP contribution in [0.5, 0.6) is 0 Å². The van der Waals surface area contributed by atoms with Crippen LogP contribution >= 0.6 is 23.2 Å². The lowest BCUT2D eigenvalue weighted by atomic mass is 10.1. The van der Waals surface area contributed by atoms with Crippen molar-refractivity contribution in [3.05, 3.63) is 33.8 Å². The third-order valence-corrected chi connectivity index (χ3v) is 3.34. The zero-order valence-corrected chi connectivity index (χ0v) is 14.4. The molecular weight excluding hydrogens is 329 g/mol. The van der Waals surface area contributed by atoms with Gasteiger partial charge in [0.05, 0.1) is 17.2 Å². The maximum atomic E-state index is 11.8. The van der Waals surface area contributed by atoms with Crippen molar-refractivity contribution in [1.82, 2.24) is 5.32 Å². The third-order valence-electron chi connectivity index (χ3n) is 2.60. The quantitative estimate of drug-likeness (QED) is 0.845. The van der Waals surface area contributed by atoms with Crippen LogP contribution in [0.15, 0.2) is 18.2 Å². The highest BCUT2D eigenvalue weighted by atomic mass is 35.5. The van der Waals surface area contributed by atoms with Gasteiger partial charge in [-0.25, -0.2) is 9.59 Å². The molecule has 0 spiro atoms. The van der Waals surface area contributed by atoms with E-state index < -0.39 is 23.7 Å². The van der Waals surface area contributed by atoms with E-state index in [1.54, 1.807) is 39.0 Å². The van der Waals surface area contributed by atoms with Crippen LogP contribution in [0.3, 0.4) is 0 Å². The number of amides is 1. The van der Waals surface area contributed by atoms with Gasteiger partial charge in [-0.2, -0.15) is 0 Å². The molecule has 1 N–H and O–H groups in total. The Balaban J connectivity index is 2.82. The molecule has 0 saturated carbocycles. The van der Waals surface area contributed by atoms with Gasteiger partial charge in [0.2, 0.25) is 0 Å². The smallest absolute Gasteiger partial charge is 0.408 e. The van der Waals surface area contributed by atoms with Gasteiger partial charge < -0.3 is 14.8 Å². The fourth-order valence-electron chi connectivity index (χ4n) is 1.69. The summed E-state index contributed by atoms with van der Waals surface area (Å²) >= 11 is 11.8. The molecule has 0 aliphatic rings. The number of rotatable bonds is 4. The molecule has 7 heteroatoms. The number of halogens is 2. The van der Waals surface area contributed by atoms with Gasteiger partial charge in [0.25, 0.3) is 0 Å². The van der Waals surface area contributed by atoms with Gasteiger partial charge in [0, 0.05) is 6.42 Å². The Hall–Kier alpha value is -1.46. The molecule has 0 fully saturated rings. The predicted molar refractivity (Wildman–Crippen MR) is 85.3 cm³/mol. The number of hydrogen-bond acceptors (Lipinski definition) is 4. The second-order valence-corrected chi connectivity index (χ2v) is 6.49. The van der Waals surface area contributed by atoms with Crippen LogP contribution in [-0.2, 0) is 20.7 Å². The largest absolute Gasteiger partial charge is 0.467 e. The molecule has 0 aliphatic heterocycles. The number of carbonyl (C=O) groups excluding carboxylic acids is 2. The highest BCUT2D eigenvalue weighted by Crippen LogP contribution is 2.23. The van der Waals surface area contributed by atoms with E-state index in [4.69, 9.17) is 32.7 Å². The van der Waals surface area contributed by atoms with Crippen LogP contribution in [0, 0.1) is 0 Å². The number of benzene rings is 1. The molecule has 0 aromatic heterocycles. The monoisotopic (exact) mass is 347 g/mol. The number of ether oxygens (including phenoxy) is 2. The second-order valence-electron chi connectivity index (χ2n) is 5.67. The molecule has 0 unspecified atom stereocenters. The average Bonchev–Trinajstić information content (AvgIpc) is 2.39. The van der Waals surface area contributed by atoms with Crippen molar-refractivity contribution in [2.45, 2.75) is 38.8 Å². The highest BCUT2D eigenvalue weighted by Gasteiger charge is 2.25. The summed E-state index contributed by atoms with van der Waals surface area (Å²) in [7, 11) is 1.25. The summed E-state index contributed by atoms with van der Waals surface area (Å²) in [6.45, 7) is 5.20. The summed E-state index contributed by atoms with van der Waals surface area (Å²) < 4.78 is 9.84. The predicted octanol–water partition coefficient (Wildman–Crippen LogP) is 3.60. The molecule has 0 radical (unpaired) electrons. The van der Waals surface area contributed by atoms with Crippen molar-refractivity contribution in [3.63, 3.8) is 0 Å². The molecule has 1 rings (SSSR count). The fraction of sp³-hybridized carbons (Fsp3) is 0.467. The van der Waals surface area contributed by atoms with Gasteiger partial charge in [-0.1, -0.05) is 29.3 Å². The zero-order valence-electron chi connectivity index (χ0n) is 12.9. The summed E-state index contributed by atoms with van der Waals surface area (Å²) in [4.78, 5) is 23.6. The van der Waals surface area contributed by atoms with Gasteiger partial charge >= 0.3 is 12.1 Å². The van der Waals surface area contributed by atoms with Crippen LogP contribution in [0.1, 0.15) is 26.3 Å². The van der Waals surface area contributed by atoms with E-state index in [9.17, 15) is 9.59 Å². The molecule has 1 amide bonds. The maximum absolute atomic E-state index is 11.8. The summed E-state index contributed by atoms with van der Waals surface area (Å²) in [6, 6.07) is 4.11. The topological polar surface area (TPSA) is 64.6 Å². The van der Waals surface area contributed by atoms with Crippen molar-refractivity contribution in [1.29, 1.82) is 0 Å². The number of alkyl carbamates (subject to hydrolysis) is 1. The Morgan fingerprint density at radius 2 is 1.86 bits per heavy atom. The van der Waals surface area contributed by atoms with E-state index in [1.807, 2.05) is 0 Å². The minimum absolute atomic E-state index is 0.211. The number of hydrogen-bond donors (Lipinski definition) is 1. The molecule has 0 bridgehead atoms. The molecule has 0 heterocycles. The van der Waals surface area contributed by atoms with Crippen LogP contribution in [-0.4, -0.2) is 30.8 Å². The van der Waals surface area contributed by atoms with E-state index in [0.29, 0.717) is 10.0 Å². The van der Waals surface area contributed by atoms with Gasteiger partial charge in [-0.15, -0.1) is 0 Å². The normalized spacial score (nSPS) is 12.5. The Labute approximate surface area is 139 Å². The summed E-state index contributed by atoms with van der Waals surface area (Å²) in [5, 5.41) is 3.29. The van der Waals surface area contributed by atoms with E-state index >= 15 is 0 Å². The molecule has 1 aromatic carbocycles. The molecule has 1 atom stereocenters. The Morgan fingerprint density at radius 3 is 2.36 bits per heavy atom. The van der Waals surface area contributed by atoms with Crippen molar-refractivity contribution >= 4 is 35.3 Å². The SMILES string of the molecule is COC(=O)[C@H](Cc1ccc(Cl)c(Cl)c1)NC(=O)OC(C)(C)C.